The third-order valence-corrected chi connectivity index (χ3v) is 3.04. The van der Waals surface area contributed by atoms with E-state index in [0.29, 0.717) is 25.6 Å². The van der Waals surface area contributed by atoms with Crippen molar-refractivity contribution < 1.29 is 13.6 Å². The molecular formula is C11H15F2N5O. The van der Waals surface area contributed by atoms with Crippen LogP contribution in [0.15, 0.2) is 6.07 Å². The van der Waals surface area contributed by atoms with Gasteiger partial charge in [-0.1, -0.05) is 6.92 Å². The van der Waals surface area contributed by atoms with Crippen molar-refractivity contribution in [3.63, 3.8) is 0 Å². The number of amides is 1. The van der Waals surface area contributed by atoms with E-state index in [4.69, 9.17) is 5.84 Å². The topological polar surface area (TPSA) is 83.3 Å². The number of nitrogen functional groups attached to an aromatic ring is 1. The second-order valence-electron chi connectivity index (χ2n) is 4.18. The molecule has 0 aliphatic carbocycles. The number of pyridine rings is 1. The van der Waals surface area contributed by atoms with Crippen LogP contribution in [0.25, 0.3) is 0 Å². The number of halogens is 2. The SMILES string of the molecule is CCC1C(=O)NCCN1c1nc(NN)c(F)cc1F. The third kappa shape index (κ3) is 2.43. The van der Waals surface area contributed by atoms with Crippen molar-refractivity contribution in [3.05, 3.63) is 17.7 Å². The van der Waals surface area contributed by atoms with Gasteiger partial charge in [0, 0.05) is 19.2 Å². The van der Waals surface area contributed by atoms with Crippen LogP contribution in [0.1, 0.15) is 13.3 Å². The lowest BCUT2D eigenvalue weighted by atomic mass is 10.1. The van der Waals surface area contributed by atoms with Gasteiger partial charge in [0.05, 0.1) is 0 Å². The van der Waals surface area contributed by atoms with Crippen LogP contribution in [0, 0.1) is 11.6 Å². The zero-order valence-electron chi connectivity index (χ0n) is 10.4. The Kier molecular flexibility index (Phi) is 3.79. The number of nitrogens with one attached hydrogen (secondary N) is 2. The van der Waals surface area contributed by atoms with E-state index in [1.807, 2.05) is 6.92 Å². The maximum Gasteiger partial charge on any atom is 0.242 e. The van der Waals surface area contributed by atoms with Gasteiger partial charge in [0.25, 0.3) is 0 Å². The Hall–Kier alpha value is -1.96. The van der Waals surface area contributed by atoms with Gasteiger partial charge in [-0.2, -0.15) is 0 Å². The van der Waals surface area contributed by atoms with Crippen molar-refractivity contribution in [1.29, 1.82) is 0 Å². The molecule has 0 bridgehead atoms. The highest BCUT2D eigenvalue weighted by molar-refractivity contribution is 5.86. The van der Waals surface area contributed by atoms with Gasteiger partial charge in [-0.3, -0.25) is 4.79 Å². The summed E-state index contributed by atoms with van der Waals surface area (Å²) in [7, 11) is 0. The average Bonchev–Trinajstić information content (AvgIpc) is 2.39. The second-order valence-corrected chi connectivity index (χ2v) is 4.18. The molecule has 1 atom stereocenters. The molecular weight excluding hydrogens is 256 g/mol. The molecule has 1 aromatic heterocycles. The van der Waals surface area contributed by atoms with Crippen LogP contribution < -0.4 is 21.5 Å². The van der Waals surface area contributed by atoms with Crippen LogP contribution in [-0.4, -0.2) is 30.0 Å². The molecule has 19 heavy (non-hydrogen) atoms. The molecule has 1 saturated heterocycles. The fourth-order valence-corrected chi connectivity index (χ4v) is 2.13. The smallest absolute Gasteiger partial charge is 0.242 e. The molecule has 0 spiro atoms. The number of aromatic nitrogens is 1. The summed E-state index contributed by atoms with van der Waals surface area (Å²) < 4.78 is 27.2. The lowest BCUT2D eigenvalue weighted by molar-refractivity contribution is -0.123. The van der Waals surface area contributed by atoms with Crippen LogP contribution in [0.2, 0.25) is 0 Å². The summed E-state index contributed by atoms with van der Waals surface area (Å²) in [6, 6.07) is 0.184. The number of hydrogen-bond acceptors (Lipinski definition) is 5. The minimum atomic E-state index is -0.877. The summed E-state index contributed by atoms with van der Waals surface area (Å²) in [5.74, 6) is 2.91. The molecule has 6 nitrogen and oxygen atoms in total. The second kappa shape index (κ2) is 5.35. The highest BCUT2D eigenvalue weighted by Crippen LogP contribution is 2.25. The van der Waals surface area contributed by atoms with Gasteiger partial charge >= 0.3 is 0 Å². The van der Waals surface area contributed by atoms with E-state index < -0.39 is 17.7 Å². The first-order valence-corrected chi connectivity index (χ1v) is 5.95. The number of rotatable bonds is 3. The first kappa shape index (κ1) is 13.5. The van der Waals surface area contributed by atoms with Gasteiger partial charge in [0.1, 0.15) is 6.04 Å². The van der Waals surface area contributed by atoms with Gasteiger partial charge in [-0.05, 0) is 6.42 Å². The van der Waals surface area contributed by atoms with E-state index in [9.17, 15) is 13.6 Å². The van der Waals surface area contributed by atoms with Crippen LogP contribution in [0.5, 0.6) is 0 Å². The lowest BCUT2D eigenvalue weighted by Gasteiger charge is -2.35. The first-order valence-electron chi connectivity index (χ1n) is 5.95. The minimum absolute atomic E-state index is 0.0731. The molecule has 2 rings (SSSR count). The summed E-state index contributed by atoms with van der Waals surface area (Å²) in [4.78, 5) is 17.1. The number of anilines is 2. The Morgan fingerprint density at radius 2 is 2.32 bits per heavy atom. The molecule has 1 unspecified atom stereocenters. The quantitative estimate of drug-likeness (QED) is 0.546. The van der Waals surface area contributed by atoms with E-state index >= 15 is 0 Å². The van der Waals surface area contributed by atoms with Gasteiger partial charge in [0.15, 0.2) is 23.3 Å². The van der Waals surface area contributed by atoms with E-state index in [-0.39, 0.29) is 17.5 Å². The number of hydrazine groups is 1. The molecule has 1 aliphatic rings. The van der Waals surface area contributed by atoms with Crippen molar-refractivity contribution >= 4 is 17.5 Å². The summed E-state index contributed by atoms with van der Waals surface area (Å²) in [5, 5.41) is 2.70. The normalized spacial score (nSPS) is 19.3. The van der Waals surface area contributed by atoms with Crippen LogP contribution in [0.3, 0.4) is 0 Å². The molecule has 0 aromatic carbocycles. The summed E-state index contributed by atoms with van der Waals surface area (Å²) in [5.41, 5.74) is 2.07. The van der Waals surface area contributed by atoms with Crippen molar-refractivity contribution in [1.82, 2.24) is 10.3 Å². The number of carbonyl (C=O) groups is 1. The predicted molar refractivity (Wildman–Crippen MR) is 66.4 cm³/mol. The number of piperazine rings is 1. The number of nitrogens with two attached hydrogens (primary N) is 1. The maximum absolute atomic E-state index is 13.8. The van der Waals surface area contributed by atoms with Crippen LogP contribution >= 0.6 is 0 Å². The molecule has 4 N–H and O–H groups in total. The Morgan fingerprint density at radius 1 is 1.58 bits per heavy atom. The fraction of sp³-hybridized carbons (Fsp3) is 0.455. The van der Waals surface area contributed by atoms with Crippen molar-refractivity contribution in [2.75, 3.05) is 23.4 Å². The van der Waals surface area contributed by atoms with E-state index in [1.165, 1.54) is 4.90 Å². The highest BCUT2D eigenvalue weighted by Gasteiger charge is 2.31. The molecule has 2 heterocycles. The highest BCUT2D eigenvalue weighted by atomic mass is 19.1. The van der Waals surface area contributed by atoms with Crippen molar-refractivity contribution in [2.24, 2.45) is 5.84 Å². The largest absolute Gasteiger partial charge is 0.353 e. The van der Waals surface area contributed by atoms with Crippen LogP contribution in [0.4, 0.5) is 20.4 Å². The third-order valence-electron chi connectivity index (χ3n) is 3.04. The zero-order chi connectivity index (χ0) is 14.0. The van der Waals surface area contributed by atoms with Crippen molar-refractivity contribution in [2.45, 2.75) is 19.4 Å². The number of carbonyl (C=O) groups excluding carboxylic acids is 1. The number of hydrogen-bond donors (Lipinski definition) is 3. The van der Waals surface area contributed by atoms with Gasteiger partial charge in [-0.25, -0.2) is 19.6 Å². The summed E-state index contributed by atoms with van der Waals surface area (Å²) in [6.07, 6.45) is 0.496. The first-order chi connectivity index (χ1) is 9.08. The molecule has 104 valence electrons. The van der Waals surface area contributed by atoms with Gasteiger partial charge in [-0.15, -0.1) is 0 Å². The minimum Gasteiger partial charge on any atom is -0.353 e. The Bertz CT molecular complexity index is 496. The summed E-state index contributed by atoms with van der Waals surface area (Å²) >= 11 is 0. The Morgan fingerprint density at radius 3 is 2.95 bits per heavy atom. The standard InChI is InChI=1S/C11H15F2N5O/c1-2-8-11(19)15-3-4-18(8)10-7(13)5-6(12)9(16-10)17-14/h5,8H,2-4,14H2,1H3,(H,15,19)(H,16,17). The maximum atomic E-state index is 13.8. The Balaban J connectivity index is 2.42. The fourth-order valence-electron chi connectivity index (χ4n) is 2.13. The van der Waals surface area contributed by atoms with E-state index in [0.717, 1.165) is 0 Å². The van der Waals surface area contributed by atoms with Crippen LogP contribution in [-0.2, 0) is 4.79 Å². The molecule has 8 heteroatoms. The lowest BCUT2D eigenvalue weighted by Crippen LogP contribution is -2.55. The van der Waals surface area contributed by atoms with Crippen molar-refractivity contribution in [3.8, 4) is 0 Å². The molecule has 0 radical (unpaired) electrons. The molecule has 1 aliphatic heterocycles. The molecule has 1 amide bonds. The Labute approximate surface area is 108 Å². The predicted octanol–water partition coefficient (Wildman–Crippen LogP) is 0.360. The van der Waals surface area contributed by atoms with E-state index in [1.54, 1.807) is 0 Å². The number of nitrogens with zero attached hydrogens (tertiary/aromatic N) is 2. The van der Waals surface area contributed by atoms with Gasteiger partial charge < -0.3 is 15.6 Å². The molecule has 1 fully saturated rings. The zero-order valence-corrected chi connectivity index (χ0v) is 10.4. The summed E-state index contributed by atoms with van der Waals surface area (Å²) in [6.45, 7) is 2.61. The van der Waals surface area contributed by atoms with E-state index in [2.05, 4.69) is 15.7 Å². The van der Waals surface area contributed by atoms with Gasteiger partial charge in [0.2, 0.25) is 5.91 Å². The molecule has 0 saturated carbocycles. The monoisotopic (exact) mass is 271 g/mol. The average molecular weight is 271 g/mol. The molecule has 1 aromatic rings.